The Hall–Kier alpha value is -2.90. The van der Waals surface area contributed by atoms with Crippen molar-refractivity contribution in [3.8, 4) is 0 Å². The van der Waals surface area contributed by atoms with Crippen LogP contribution in [0.2, 0.25) is 0 Å². The number of esters is 2. The van der Waals surface area contributed by atoms with E-state index in [4.69, 9.17) is 9.47 Å². The number of amides is 1. The fourth-order valence-electron chi connectivity index (χ4n) is 3.38. The average molecular weight is 421 g/mol. The molecule has 0 aliphatic heterocycles. The first-order valence-electron chi connectivity index (χ1n) is 10.0. The number of aromatic nitrogens is 1. The molecule has 0 bridgehead atoms. The fraction of sp³-hybridized carbons (Fsp3) is 0.545. The third-order valence-corrected chi connectivity index (χ3v) is 4.99. The van der Waals surface area contributed by atoms with Gasteiger partial charge in [-0.2, -0.15) is 0 Å². The first-order chi connectivity index (χ1) is 14.1. The van der Waals surface area contributed by atoms with Gasteiger partial charge in [0.25, 0.3) is 0 Å². The molecule has 0 spiro atoms. The highest BCUT2D eigenvalue weighted by atomic mass is 16.5. The predicted octanol–water partition coefficient (Wildman–Crippen LogP) is 2.75. The zero-order chi connectivity index (χ0) is 23.0. The Bertz CT molecular complexity index is 824. The number of carbonyl (C=O) groups excluding carboxylic acids is 4. The van der Waals surface area contributed by atoms with E-state index in [0.29, 0.717) is 22.5 Å². The number of Topliss-reactive ketones (excluding diaryl/α,β-unsaturated/α-hetero) is 1. The summed E-state index contributed by atoms with van der Waals surface area (Å²) in [5, 5.41) is 0. The van der Waals surface area contributed by atoms with E-state index in [1.807, 2.05) is 0 Å². The summed E-state index contributed by atoms with van der Waals surface area (Å²) in [4.78, 5) is 51.3. The summed E-state index contributed by atoms with van der Waals surface area (Å²) in [5.74, 6) is -1.60. The van der Waals surface area contributed by atoms with Crippen molar-refractivity contribution in [2.24, 2.45) is 7.05 Å². The molecule has 1 aromatic heterocycles. The minimum absolute atomic E-state index is 0.0579. The molecule has 0 saturated heterocycles. The summed E-state index contributed by atoms with van der Waals surface area (Å²) in [6, 6.07) is -0.799. The maximum atomic E-state index is 13.3. The molecule has 0 saturated carbocycles. The molecule has 0 aliphatic carbocycles. The van der Waals surface area contributed by atoms with Crippen LogP contribution in [0.1, 0.15) is 65.7 Å². The highest BCUT2D eigenvalue weighted by molar-refractivity contribution is 6.06. The van der Waals surface area contributed by atoms with E-state index in [1.165, 1.54) is 11.0 Å². The van der Waals surface area contributed by atoms with Gasteiger partial charge in [-0.3, -0.25) is 14.4 Å². The van der Waals surface area contributed by atoms with Crippen LogP contribution in [0.25, 0.3) is 0 Å². The van der Waals surface area contributed by atoms with E-state index in [-0.39, 0.29) is 44.3 Å². The molecule has 1 aromatic rings. The fourth-order valence-corrected chi connectivity index (χ4v) is 3.38. The first-order valence-corrected chi connectivity index (χ1v) is 10.0. The van der Waals surface area contributed by atoms with Crippen molar-refractivity contribution >= 4 is 23.6 Å². The van der Waals surface area contributed by atoms with Crippen LogP contribution in [-0.4, -0.2) is 58.9 Å². The van der Waals surface area contributed by atoms with Crippen molar-refractivity contribution in [2.45, 2.75) is 53.5 Å². The standard InChI is InChI=1S/C22H32N2O6/c1-8-13-24(17(25)11-12-18(26)29-9-2)16(6)21(27)19-14(4)20(22(28)30-10-3)23(7)15(19)5/h8,16H,1,9-13H2,2-7H3/t16-/m1/s1. The van der Waals surface area contributed by atoms with Crippen LogP contribution in [0, 0.1) is 13.8 Å². The number of ether oxygens (including phenoxy) is 2. The Morgan fingerprint density at radius 2 is 1.70 bits per heavy atom. The molecule has 1 atom stereocenters. The lowest BCUT2D eigenvalue weighted by Crippen LogP contribution is -2.43. The van der Waals surface area contributed by atoms with E-state index < -0.39 is 18.0 Å². The van der Waals surface area contributed by atoms with Gasteiger partial charge < -0.3 is 18.9 Å². The Kier molecular flexibility index (Phi) is 9.49. The Balaban J connectivity index is 3.16. The van der Waals surface area contributed by atoms with Gasteiger partial charge in [-0.05, 0) is 40.2 Å². The Labute approximate surface area is 177 Å². The third-order valence-electron chi connectivity index (χ3n) is 4.99. The van der Waals surface area contributed by atoms with Gasteiger partial charge in [-0.15, -0.1) is 6.58 Å². The summed E-state index contributed by atoms with van der Waals surface area (Å²) in [5.41, 5.74) is 1.84. The van der Waals surface area contributed by atoms with Gasteiger partial charge in [0.2, 0.25) is 5.91 Å². The summed E-state index contributed by atoms with van der Waals surface area (Å²) in [6.45, 7) is 12.8. The summed E-state index contributed by atoms with van der Waals surface area (Å²) in [6.07, 6.45) is 1.41. The van der Waals surface area contributed by atoms with Crippen molar-refractivity contribution in [1.82, 2.24) is 9.47 Å². The number of hydrogen-bond donors (Lipinski definition) is 0. The quantitative estimate of drug-likeness (QED) is 0.310. The highest BCUT2D eigenvalue weighted by Crippen LogP contribution is 2.25. The maximum Gasteiger partial charge on any atom is 0.355 e. The molecule has 0 fully saturated rings. The molecule has 0 N–H and O–H groups in total. The highest BCUT2D eigenvalue weighted by Gasteiger charge is 2.32. The topological polar surface area (TPSA) is 94.9 Å². The van der Waals surface area contributed by atoms with Crippen molar-refractivity contribution in [3.05, 3.63) is 35.2 Å². The monoisotopic (exact) mass is 420 g/mol. The molecule has 1 rings (SSSR count). The molecule has 8 nitrogen and oxygen atoms in total. The molecule has 1 amide bonds. The van der Waals surface area contributed by atoms with Gasteiger partial charge in [0.05, 0.1) is 25.7 Å². The second kappa shape index (κ2) is 11.3. The van der Waals surface area contributed by atoms with Gasteiger partial charge >= 0.3 is 11.9 Å². The predicted molar refractivity (Wildman–Crippen MR) is 112 cm³/mol. The number of nitrogens with zero attached hydrogens (tertiary/aromatic N) is 2. The third kappa shape index (κ3) is 5.58. The van der Waals surface area contributed by atoms with Crippen molar-refractivity contribution in [2.75, 3.05) is 19.8 Å². The molecular weight excluding hydrogens is 388 g/mol. The van der Waals surface area contributed by atoms with Gasteiger partial charge in [0, 0.05) is 31.3 Å². The second-order valence-electron chi connectivity index (χ2n) is 6.89. The van der Waals surface area contributed by atoms with E-state index in [2.05, 4.69) is 6.58 Å². The Morgan fingerprint density at radius 3 is 2.23 bits per heavy atom. The first kappa shape index (κ1) is 25.1. The van der Waals surface area contributed by atoms with E-state index in [0.717, 1.165) is 0 Å². The van der Waals surface area contributed by atoms with E-state index in [1.54, 1.807) is 46.2 Å². The van der Waals surface area contributed by atoms with Crippen LogP contribution in [0.15, 0.2) is 12.7 Å². The van der Waals surface area contributed by atoms with Crippen LogP contribution in [0.4, 0.5) is 0 Å². The van der Waals surface area contributed by atoms with Crippen molar-refractivity contribution < 1.29 is 28.7 Å². The smallest absolute Gasteiger partial charge is 0.355 e. The molecule has 30 heavy (non-hydrogen) atoms. The zero-order valence-electron chi connectivity index (χ0n) is 18.7. The number of rotatable bonds is 11. The van der Waals surface area contributed by atoms with Gasteiger partial charge in [-0.25, -0.2) is 4.79 Å². The molecular formula is C22H32N2O6. The average Bonchev–Trinajstić information content (AvgIpc) is 2.92. The van der Waals surface area contributed by atoms with Crippen molar-refractivity contribution in [1.29, 1.82) is 0 Å². The normalized spacial score (nSPS) is 11.5. The number of carbonyl (C=O) groups is 4. The van der Waals surface area contributed by atoms with Crippen molar-refractivity contribution in [3.63, 3.8) is 0 Å². The minimum Gasteiger partial charge on any atom is -0.466 e. The Morgan fingerprint density at radius 1 is 1.10 bits per heavy atom. The maximum absolute atomic E-state index is 13.3. The lowest BCUT2D eigenvalue weighted by molar-refractivity contribution is -0.145. The summed E-state index contributed by atoms with van der Waals surface area (Å²) < 4.78 is 11.6. The largest absolute Gasteiger partial charge is 0.466 e. The number of hydrogen-bond acceptors (Lipinski definition) is 6. The van der Waals surface area contributed by atoms with Crippen LogP contribution in [0.3, 0.4) is 0 Å². The zero-order valence-corrected chi connectivity index (χ0v) is 18.7. The van der Waals surface area contributed by atoms with Crippen LogP contribution < -0.4 is 0 Å². The minimum atomic E-state index is -0.799. The van der Waals surface area contributed by atoms with Gasteiger partial charge in [0.1, 0.15) is 5.69 Å². The molecule has 8 heteroatoms. The van der Waals surface area contributed by atoms with Gasteiger partial charge in [-0.1, -0.05) is 6.08 Å². The summed E-state index contributed by atoms with van der Waals surface area (Å²) in [7, 11) is 1.70. The SMILES string of the molecule is C=CCN(C(=O)CCC(=O)OCC)[C@H](C)C(=O)c1c(C)c(C(=O)OCC)n(C)c1C. The lowest BCUT2D eigenvalue weighted by atomic mass is 9.99. The molecule has 0 unspecified atom stereocenters. The van der Waals surface area contributed by atoms with Crippen LogP contribution in [-0.2, 0) is 26.1 Å². The molecule has 1 heterocycles. The second-order valence-corrected chi connectivity index (χ2v) is 6.89. The van der Waals surface area contributed by atoms with Crippen LogP contribution >= 0.6 is 0 Å². The van der Waals surface area contributed by atoms with Crippen LogP contribution in [0.5, 0.6) is 0 Å². The molecule has 0 aliphatic rings. The van der Waals surface area contributed by atoms with Gasteiger partial charge in [0.15, 0.2) is 5.78 Å². The summed E-state index contributed by atoms with van der Waals surface area (Å²) >= 11 is 0. The molecule has 0 radical (unpaired) electrons. The number of ketones is 1. The van der Waals surface area contributed by atoms with E-state index in [9.17, 15) is 19.2 Å². The van der Waals surface area contributed by atoms with E-state index >= 15 is 0 Å². The molecule has 0 aromatic carbocycles. The lowest BCUT2D eigenvalue weighted by Gasteiger charge is -2.27. The molecule has 166 valence electrons.